The third-order valence-electron chi connectivity index (χ3n) is 2.86. The standard InChI is InChI=1S/C16H18N2O2/c19-16(15-7-10-17-11-8-15)20-13-12-18-9-6-14-4-2-1-3-5-14/h1-5,7-8,10-11,18H,6,9,12-13H2. The summed E-state index contributed by atoms with van der Waals surface area (Å²) in [5.74, 6) is -0.308. The molecule has 4 nitrogen and oxygen atoms in total. The lowest BCUT2D eigenvalue weighted by atomic mass is 10.1. The predicted octanol–water partition coefficient (Wildman–Crippen LogP) is 2.07. The molecule has 0 aliphatic carbocycles. The molecule has 0 saturated carbocycles. The molecular weight excluding hydrogens is 252 g/mol. The SMILES string of the molecule is O=C(OCCNCCc1ccccc1)c1ccncc1. The molecule has 0 fully saturated rings. The first kappa shape index (κ1) is 14.2. The Morgan fingerprint density at radius 2 is 1.80 bits per heavy atom. The molecule has 0 radical (unpaired) electrons. The van der Waals surface area contributed by atoms with Crippen LogP contribution in [0.25, 0.3) is 0 Å². The molecule has 20 heavy (non-hydrogen) atoms. The number of rotatable bonds is 7. The number of carbonyl (C=O) groups excluding carboxylic acids is 1. The molecule has 0 amide bonds. The number of hydrogen-bond acceptors (Lipinski definition) is 4. The zero-order valence-corrected chi connectivity index (χ0v) is 11.3. The van der Waals surface area contributed by atoms with Crippen LogP contribution in [-0.4, -0.2) is 30.6 Å². The van der Waals surface area contributed by atoms with Gasteiger partial charge in [-0.1, -0.05) is 30.3 Å². The van der Waals surface area contributed by atoms with Gasteiger partial charge in [-0.2, -0.15) is 0 Å². The number of benzene rings is 1. The van der Waals surface area contributed by atoms with E-state index in [1.54, 1.807) is 24.5 Å². The molecule has 1 heterocycles. The van der Waals surface area contributed by atoms with E-state index in [4.69, 9.17) is 4.74 Å². The van der Waals surface area contributed by atoms with E-state index in [2.05, 4.69) is 22.4 Å². The quantitative estimate of drug-likeness (QED) is 0.618. The summed E-state index contributed by atoms with van der Waals surface area (Å²) in [6.45, 7) is 1.90. The van der Waals surface area contributed by atoms with E-state index < -0.39 is 0 Å². The molecule has 0 aliphatic rings. The zero-order chi connectivity index (χ0) is 14.0. The average molecular weight is 270 g/mol. The summed E-state index contributed by atoms with van der Waals surface area (Å²) in [5, 5.41) is 3.25. The molecule has 0 saturated heterocycles. The van der Waals surface area contributed by atoms with Gasteiger partial charge in [-0.15, -0.1) is 0 Å². The highest BCUT2D eigenvalue weighted by molar-refractivity contribution is 5.89. The lowest BCUT2D eigenvalue weighted by molar-refractivity contribution is 0.0508. The summed E-state index contributed by atoms with van der Waals surface area (Å²) in [5.41, 5.74) is 1.83. The van der Waals surface area contributed by atoms with E-state index in [1.807, 2.05) is 18.2 Å². The third kappa shape index (κ3) is 4.82. The largest absolute Gasteiger partial charge is 0.461 e. The van der Waals surface area contributed by atoms with Crippen LogP contribution in [0, 0.1) is 0 Å². The number of ether oxygens (including phenoxy) is 1. The van der Waals surface area contributed by atoms with Crippen molar-refractivity contribution in [2.24, 2.45) is 0 Å². The highest BCUT2D eigenvalue weighted by Gasteiger charge is 2.04. The van der Waals surface area contributed by atoms with Crippen molar-refractivity contribution in [3.05, 3.63) is 66.0 Å². The topological polar surface area (TPSA) is 51.2 Å². The van der Waals surface area contributed by atoms with Crippen LogP contribution in [0.3, 0.4) is 0 Å². The molecule has 0 aliphatic heterocycles. The Bertz CT molecular complexity index is 515. The van der Waals surface area contributed by atoms with Crippen molar-refractivity contribution in [3.63, 3.8) is 0 Å². The van der Waals surface area contributed by atoms with Crippen LogP contribution in [0.1, 0.15) is 15.9 Å². The summed E-state index contributed by atoms with van der Waals surface area (Å²) in [6, 6.07) is 13.6. The monoisotopic (exact) mass is 270 g/mol. The van der Waals surface area contributed by atoms with Crippen molar-refractivity contribution in [1.82, 2.24) is 10.3 Å². The number of pyridine rings is 1. The van der Waals surface area contributed by atoms with Crippen molar-refractivity contribution in [2.45, 2.75) is 6.42 Å². The van der Waals surface area contributed by atoms with E-state index in [1.165, 1.54) is 5.56 Å². The highest BCUT2D eigenvalue weighted by Crippen LogP contribution is 1.99. The molecule has 0 atom stereocenters. The van der Waals surface area contributed by atoms with Crippen LogP contribution >= 0.6 is 0 Å². The minimum atomic E-state index is -0.308. The Morgan fingerprint density at radius 3 is 2.55 bits per heavy atom. The van der Waals surface area contributed by atoms with Gasteiger partial charge in [0.05, 0.1) is 5.56 Å². The molecule has 1 N–H and O–H groups in total. The van der Waals surface area contributed by atoms with E-state index in [-0.39, 0.29) is 5.97 Å². The second-order valence-corrected chi connectivity index (χ2v) is 4.36. The van der Waals surface area contributed by atoms with Crippen molar-refractivity contribution in [2.75, 3.05) is 19.7 Å². The van der Waals surface area contributed by atoms with Crippen molar-refractivity contribution in [1.29, 1.82) is 0 Å². The van der Waals surface area contributed by atoms with E-state index in [9.17, 15) is 4.79 Å². The lowest BCUT2D eigenvalue weighted by Crippen LogP contribution is -2.23. The van der Waals surface area contributed by atoms with E-state index >= 15 is 0 Å². The number of nitrogens with one attached hydrogen (secondary N) is 1. The molecule has 0 spiro atoms. The van der Waals surface area contributed by atoms with Crippen LogP contribution < -0.4 is 5.32 Å². The number of nitrogens with zero attached hydrogens (tertiary/aromatic N) is 1. The normalized spacial score (nSPS) is 10.2. The summed E-state index contributed by atoms with van der Waals surface area (Å²) in [4.78, 5) is 15.5. The van der Waals surface area contributed by atoms with E-state index in [0.29, 0.717) is 18.7 Å². The third-order valence-corrected chi connectivity index (χ3v) is 2.86. The number of carbonyl (C=O) groups is 1. The summed E-state index contributed by atoms with van der Waals surface area (Å²) >= 11 is 0. The molecule has 1 aromatic carbocycles. The Balaban J connectivity index is 1.57. The van der Waals surface area contributed by atoms with Gasteiger partial charge in [0.15, 0.2) is 0 Å². The van der Waals surface area contributed by atoms with Gasteiger partial charge in [-0.25, -0.2) is 4.79 Å². The molecule has 0 bridgehead atoms. The second kappa shape index (κ2) is 8.07. The molecule has 2 aromatic rings. The average Bonchev–Trinajstić information content (AvgIpc) is 2.52. The van der Waals surface area contributed by atoms with Gasteiger partial charge in [0.25, 0.3) is 0 Å². The molecule has 0 unspecified atom stereocenters. The first-order valence-electron chi connectivity index (χ1n) is 6.68. The molecular formula is C16H18N2O2. The fraction of sp³-hybridized carbons (Fsp3) is 0.250. The zero-order valence-electron chi connectivity index (χ0n) is 11.3. The Morgan fingerprint density at radius 1 is 1.05 bits per heavy atom. The first-order valence-corrected chi connectivity index (χ1v) is 6.68. The Labute approximate surface area is 118 Å². The van der Waals surface area contributed by atoms with Crippen molar-refractivity contribution < 1.29 is 9.53 Å². The van der Waals surface area contributed by atoms with Gasteiger partial charge < -0.3 is 10.1 Å². The van der Waals surface area contributed by atoms with Crippen LogP contribution in [-0.2, 0) is 11.2 Å². The van der Waals surface area contributed by atoms with Crippen LogP contribution in [0.5, 0.6) is 0 Å². The van der Waals surface area contributed by atoms with Crippen molar-refractivity contribution in [3.8, 4) is 0 Å². The van der Waals surface area contributed by atoms with Crippen LogP contribution in [0.2, 0.25) is 0 Å². The minimum absolute atomic E-state index is 0.308. The highest BCUT2D eigenvalue weighted by atomic mass is 16.5. The van der Waals surface area contributed by atoms with Crippen LogP contribution in [0.4, 0.5) is 0 Å². The molecule has 4 heteroatoms. The number of aromatic nitrogens is 1. The van der Waals surface area contributed by atoms with Gasteiger partial charge in [-0.3, -0.25) is 4.98 Å². The fourth-order valence-corrected chi connectivity index (χ4v) is 1.79. The maximum atomic E-state index is 11.6. The van der Waals surface area contributed by atoms with Gasteiger partial charge in [-0.05, 0) is 30.7 Å². The van der Waals surface area contributed by atoms with Gasteiger partial charge >= 0.3 is 5.97 Å². The Hall–Kier alpha value is -2.20. The fourth-order valence-electron chi connectivity index (χ4n) is 1.79. The molecule has 2 rings (SSSR count). The maximum absolute atomic E-state index is 11.6. The van der Waals surface area contributed by atoms with Gasteiger partial charge in [0, 0.05) is 18.9 Å². The first-order chi connectivity index (χ1) is 9.86. The van der Waals surface area contributed by atoms with E-state index in [0.717, 1.165) is 13.0 Å². The number of esters is 1. The summed E-state index contributed by atoms with van der Waals surface area (Å²) in [7, 11) is 0. The van der Waals surface area contributed by atoms with Gasteiger partial charge in [0.2, 0.25) is 0 Å². The summed E-state index contributed by atoms with van der Waals surface area (Å²) in [6.07, 6.45) is 4.13. The Kier molecular flexibility index (Phi) is 5.73. The summed E-state index contributed by atoms with van der Waals surface area (Å²) < 4.78 is 5.15. The number of hydrogen-bond donors (Lipinski definition) is 1. The van der Waals surface area contributed by atoms with Crippen LogP contribution in [0.15, 0.2) is 54.9 Å². The predicted molar refractivity (Wildman–Crippen MR) is 77.5 cm³/mol. The smallest absolute Gasteiger partial charge is 0.338 e. The molecule has 104 valence electrons. The van der Waals surface area contributed by atoms with Crippen molar-refractivity contribution >= 4 is 5.97 Å². The van der Waals surface area contributed by atoms with Gasteiger partial charge in [0.1, 0.15) is 6.61 Å². The molecule has 1 aromatic heterocycles. The minimum Gasteiger partial charge on any atom is -0.461 e. The maximum Gasteiger partial charge on any atom is 0.338 e. The lowest BCUT2D eigenvalue weighted by Gasteiger charge is -2.06. The second-order valence-electron chi connectivity index (χ2n) is 4.36.